The van der Waals surface area contributed by atoms with E-state index in [9.17, 15) is 24.5 Å². The van der Waals surface area contributed by atoms with E-state index in [4.69, 9.17) is 4.74 Å². The van der Waals surface area contributed by atoms with Crippen molar-refractivity contribution in [1.29, 1.82) is 0 Å². The molecule has 0 aliphatic carbocycles. The summed E-state index contributed by atoms with van der Waals surface area (Å²) in [6.45, 7) is 3.20. The van der Waals surface area contributed by atoms with Crippen LogP contribution in [-0.2, 0) is 14.3 Å². The fraction of sp³-hybridized carbons (Fsp3) is 0.250. The minimum absolute atomic E-state index is 0.00685. The van der Waals surface area contributed by atoms with Gasteiger partial charge in [0.2, 0.25) is 0 Å². The van der Waals surface area contributed by atoms with Crippen LogP contribution < -0.4 is 5.32 Å². The molecule has 2 aromatic carbocycles. The Bertz CT molecular complexity index is 905. The van der Waals surface area contributed by atoms with Gasteiger partial charge < -0.3 is 10.1 Å². The molecule has 0 radical (unpaired) electrons. The Balaban J connectivity index is 1.77. The summed E-state index contributed by atoms with van der Waals surface area (Å²) in [6, 6.07) is 10.8. The number of amides is 1. The van der Waals surface area contributed by atoms with Crippen molar-refractivity contribution in [1.82, 2.24) is 0 Å². The third kappa shape index (κ3) is 6.01. The summed E-state index contributed by atoms with van der Waals surface area (Å²) in [5, 5.41) is 13.0. The molecule has 0 heterocycles. The lowest BCUT2D eigenvalue weighted by molar-refractivity contribution is -0.384. The molecular weight excluding hydrogens is 364 g/mol. The highest BCUT2D eigenvalue weighted by atomic mass is 16.6. The number of rotatable bonds is 8. The number of aryl methyl sites for hydroxylation is 2. The van der Waals surface area contributed by atoms with Crippen molar-refractivity contribution in [3.63, 3.8) is 0 Å². The molecular formula is C20H20N2O6. The topological polar surface area (TPSA) is 116 Å². The summed E-state index contributed by atoms with van der Waals surface area (Å²) in [5.41, 5.74) is 2.62. The van der Waals surface area contributed by atoms with E-state index in [1.54, 1.807) is 6.07 Å². The number of hydrogen-bond acceptors (Lipinski definition) is 6. The van der Waals surface area contributed by atoms with Crippen molar-refractivity contribution in [2.24, 2.45) is 0 Å². The van der Waals surface area contributed by atoms with Gasteiger partial charge in [0.25, 0.3) is 11.6 Å². The van der Waals surface area contributed by atoms with Crippen LogP contribution in [-0.4, -0.2) is 29.2 Å². The molecule has 0 saturated heterocycles. The van der Waals surface area contributed by atoms with E-state index < -0.39 is 23.4 Å². The highest BCUT2D eigenvalue weighted by Crippen LogP contribution is 2.16. The zero-order chi connectivity index (χ0) is 20.7. The number of hydrogen-bond donors (Lipinski definition) is 1. The summed E-state index contributed by atoms with van der Waals surface area (Å²) >= 11 is 0. The van der Waals surface area contributed by atoms with Gasteiger partial charge in [0.15, 0.2) is 12.4 Å². The van der Waals surface area contributed by atoms with Crippen molar-refractivity contribution in [3.8, 4) is 0 Å². The third-order valence-corrected chi connectivity index (χ3v) is 3.98. The normalized spacial score (nSPS) is 10.2. The van der Waals surface area contributed by atoms with Crippen LogP contribution in [0.25, 0.3) is 0 Å². The van der Waals surface area contributed by atoms with Crippen LogP contribution in [0.4, 0.5) is 11.4 Å². The van der Waals surface area contributed by atoms with Gasteiger partial charge in [0, 0.05) is 29.8 Å². The molecule has 28 heavy (non-hydrogen) atoms. The summed E-state index contributed by atoms with van der Waals surface area (Å²) in [5.74, 6) is -1.39. The third-order valence-electron chi connectivity index (χ3n) is 3.98. The first-order valence-corrected chi connectivity index (χ1v) is 8.56. The van der Waals surface area contributed by atoms with E-state index in [-0.39, 0.29) is 24.3 Å². The number of carbonyl (C=O) groups excluding carboxylic acids is 3. The molecule has 0 spiro atoms. The van der Waals surface area contributed by atoms with Gasteiger partial charge in [-0.3, -0.25) is 24.5 Å². The molecule has 8 nitrogen and oxygen atoms in total. The molecule has 8 heteroatoms. The van der Waals surface area contributed by atoms with Crippen LogP contribution in [0.5, 0.6) is 0 Å². The van der Waals surface area contributed by atoms with Gasteiger partial charge in [-0.15, -0.1) is 0 Å². The average molecular weight is 384 g/mol. The number of ketones is 1. The van der Waals surface area contributed by atoms with E-state index in [1.165, 1.54) is 24.3 Å². The van der Waals surface area contributed by atoms with Crippen LogP contribution in [0.15, 0.2) is 42.5 Å². The lowest BCUT2D eigenvalue weighted by atomic mass is 9.99. The Kier molecular flexibility index (Phi) is 6.97. The number of nitro benzene ring substituents is 1. The maximum absolute atomic E-state index is 12.2. The Morgan fingerprint density at radius 1 is 1.04 bits per heavy atom. The highest BCUT2D eigenvalue weighted by Gasteiger charge is 2.14. The minimum atomic E-state index is -0.655. The molecule has 0 atom stereocenters. The van der Waals surface area contributed by atoms with Crippen LogP contribution in [0.3, 0.4) is 0 Å². The smallest absolute Gasteiger partial charge is 0.306 e. The van der Waals surface area contributed by atoms with E-state index >= 15 is 0 Å². The molecule has 0 aliphatic heterocycles. The summed E-state index contributed by atoms with van der Waals surface area (Å²) in [7, 11) is 0. The second kappa shape index (κ2) is 9.40. The fourth-order valence-corrected chi connectivity index (χ4v) is 2.47. The lowest BCUT2D eigenvalue weighted by Gasteiger charge is -2.08. The number of nitrogens with one attached hydrogen (secondary N) is 1. The van der Waals surface area contributed by atoms with Gasteiger partial charge in [-0.05, 0) is 37.6 Å². The molecule has 0 aliphatic rings. The van der Waals surface area contributed by atoms with Gasteiger partial charge in [-0.1, -0.05) is 17.7 Å². The molecule has 1 N–H and O–H groups in total. The fourth-order valence-electron chi connectivity index (χ4n) is 2.47. The maximum atomic E-state index is 12.2. The summed E-state index contributed by atoms with van der Waals surface area (Å²) in [6.07, 6.45) is -0.135. The Morgan fingerprint density at radius 3 is 2.36 bits per heavy atom. The number of non-ortho nitro benzene ring substituents is 1. The SMILES string of the molecule is Cc1ccc(C)c(C(=O)CCC(=O)OCC(=O)Nc2ccc([N+](=O)[O-])cc2)c1. The second-order valence-corrected chi connectivity index (χ2v) is 6.25. The molecule has 2 rings (SSSR count). The zero-order valence-electron chi connectivity index (χ0n) is 15.6. The van der Waals surface area contributed by atoms with E-state index in [1.807, 2.05) is 26.0 Å². The number of ether oxygens (including phenoxy) is 1. The standard InChI is InChI=1S/C20H20N2O6/c1-13-3-4-14(2)17(11-13)18(23)9-10-20(25)28-12-19(24)21-15-5-7-16(8-6-15)22(26)27/h3-8,11H,9-10,12H2,1-2H3,(H,21,24). The molecule has 1 amide bonds. The van der Waals surface area contributed by atoms with Gasteiger partial charge in [0.1, 0.15) is 0 Å². The quantitative estimate of drug-likeness (QED) is 0.323. The van der Waals surface area contributed by atoms with Crippen LogP contribution >= 0.6 is 0 Å². The predicted molar refractivity (Wildman–Crippen MR) is 102 cm³/mol. The van der Waals surface area contributed by atoms with Crippen LogP contribution in [0, 0.1) is 24.0 Å². The first kappa shape index (κ1) is 20.8. The Morgan fingerprint density at radius 2 is 1.71 bits per heavy atom. The van der Waals surface area contributed by atoms with Crippen molar-refractivity contribution in [3.05, 3.63) is 69.3 Å². The van der Waals surface area contributed by atoms with Gasteiger partial charge in [-0.25, -0.2) is 0 Å². The number of esters is 1. The van der Waals surface area contributed by atoms with Crippen molar-refractivity contribution in [2.45, 2.75) is 26.7 Å². The van der Waals surface area contributed by atoms with Crippen molar-refractivity contribution >= 4 is 29.0 Å². The maximum Gasteiger partial charge on any atom is 0.306 e. The van der Waals surface area contributed by atoms with Gasteiger partial charge in [-0.2, -0.15) is 0 Å². The molecule has 146 valence electrons. The largest absolute Gasteiger partial charge is 0.456 e. The lowest BCUT2D eigenvalue weighted by Crippen LogP contribution is -2.21. The molecule has 0 unspecified atom stereocenters. The number of benzene rings is 2. The van der Waals surface area contributed by atoms with Crippen LogP contribution in [0.2, 0.25) is 0 Å². The summed E-state index contributed by atoms with van der Waals surface area (Å²) in [4.78, 5) is 45.8. The molecule has 0 fully saturated rings. The second-order valence-electron chi connectivity index (χ2n) is 6.25. The summed E-state index contributed by atoms with van der Waals surface area (Å²) < 4.78 is 4.87. The molecule has 0 bridgehead atoms. The van der Waals surface area contributed by atoms with Crippen molar-refractivity contribution in [2.75, 3.05) is 11.9 Å². The Labute approximate surface area is 161 Å². The highest BCUT2D eigenvalue weighted by molar-refractivity contribution is 5.99. The number of anilines is 1. The number of nitrogens with zero attached hydrogens (tertiary/aromatic N) is 1. The monoisotopic (exact) mass is 384 g/mol. The molecule has 0 aromatic heterocycles. The average Bonchev–Trinajstić information content (AvgIpc) is 2.66. The van der Waals surface area contributed by atoms with Gasteiger partial charge in [0.05, 0.1) is 11.3 Å². The van der Waals surface area contributed by atoms with Crippen molar-refractivity contribution < 1.29 is 24.0 Å². The first-order valence-electron chi connectivity index (χ1n) is 8.56. The minimum Gasteiger partial charge on any atom is -0.456 e. The van der Waals surface area contributed by atoms with E-state index in [0.717, 1.165) is 11.1 Å². The number of nitro groups is 1. The molecule has 2 aromatic rings. The predicted octanol–water partition coefficient (Wildman–Crippen LogP) is 3.36. The Hall–Kier alpha value is -3.55. The van der Waals surface area contributed by atoms with Gasteiger partial charge >= 0.3 is 5.97 Å². The van der Waals surface area contributed by atoms with Crippen LogP contribution in [0.1, 0.15) is 34.3 Å². The first-order chi connectivity index (χ1) is 13.3. The number of Topliss-reactive ketones (excluding diaryl/α,β-unsaturated/α-hetero) is 1. The van der Waals surface area contributed by atoms with E-state index in [2.05, 4.69) is 5.32 Å². The van der Waals surface area contributed by atoms with E-state index in [0.29, 0.717) is 11.3 Å². The molecule has 0 saturated carbocycles. The number of carbonyl (C=O) groups is 3. The zero-order valence-corrected chi connectivity index (χ0v) is 15.6.